The molecule has 0 saturated carbocycles. The molecule has 3 heteroatoms. The molecule has 0 unspecified atom stereocenters. The highest BCUT2D eigenvalue weighted by Crippen LogP contribution is 2.01. The number of cyclic esters (lactones) is 1. The number of ether oxygens (including phenoxy) is 1. The predicted molar refractivity (Wildman–Crippen MR) is 25.9 cm³/mol. The van der Waals surface area contributed by atoms with Crippen molar-refractivity contribution in [2.24, 2.45) is 0 Å². The van der Waals surface area contributed by atoms with Crippen molar-refractivity contribution < 1.29 is 9.53 Å². The molecule has 0 aliphatic carbocycles. The van der Waals surface area contributed by atoms with E-state index in [2.05, 4.69) is 4.74 Å². The second-order valence-electron chi connectivity index (χ2n) is 1.32. The van der Waals surface area contributed by atoms with Crippen molar-refractivity contribution in [1.82, 2.24) is 0 Å². The molecule has 0 aromatic carbocycles. The summed E-state index contributed by atoms with van der Waals surface area (Å²) in [6.45, 7) is 0.638. The Hall–Kier alpha value is -0.465. The van der Waals surface area contributed by atoms with Gasteiger partial charge in [-0.25, -0.2) is 0 Å². The predicted octanol–water partition coefficient (Wildman–Crippen LogP) is -0.0574. The Balaban J connectivity index is 0.000000360. The number of carbonyl (C=O) groups is 1. The van der Waals surface area contributed by atoms with E-state index in [0.717, 1.165) is 6.42 Å². The number of rotatable bonds is 0. The van der Waals surface area contributed by atoms with Crippen molar-refractivity contribution in [3.63, 3.8) is 0 Å². The molecule has 0 amide bonds. The lowest BCUT2D eigenvalue weighted by Crippen LogP contribution is -1.88. The molecule has 1 aliphatic rings. The highest BCUT2D eigenvalue weighted by molar-refractivity contribution is 5.75. The molecular formula is C4H6BO2. The van der Waals surface area contributed by atoms with Crippen LogP contribution in [0.5, 0.6) is 0 Å². The summed E-state index contributed by atoms with van der Waals surface area (Å²) < 4.78 is 4.51. The van der Waals surface area contributed by atoms with Crippen LogP contribution in [0, 0.1) is 0 Å². The third kappa shape index (κ3) is 1.62. The first kappa shape index (κ1) is 6.53. The van der Waals surface area contributed by atoms with E-state index in [4.69, 9.17) is 0 Å². The summed E-state index contributed by atoms with van der Waals surface area (Å²) in [6, 6.07) is 0. The normalized spacial score (nSPS) is 18.0. The summed E-state index contributed by atoms with van der Waals surface area (Å²) in [7, 11) is 0. The highest BCUT2D eigenvalue weighted by atomic mass is 16.5. The van der Waals surface area contributed by atoms with Gasteiger partial charge in [-0.05, 0) is 6.42 Å². The number of carbonyl (C=O) groups excluding carboxylic acids is 1. The van der Waals surface area contributed by atoms with Crippen LogP contribution in [0.4, 0.5) is 0 Å². The van der Waals surface area contributed by atoms with Crippen molar-refractivity contribution in [1.29, 1.82) is 0 Å². The molecule has 0 atom stereocenters. The quantitative estimate of drug-likeness (QED) is 0.312. The van der Waals surface area contributed by atoms with Gasteiger partial charge in [0, 0.05) is 14.8 Å². The van der Waals surface area contributed by atoms with Gasteiger partial charge in [0.1, 0.15) is 0 Å². The van der Waals surface area contributed by atoms with Crippen LogP contribution in [0.2, 0.25) is 0 Å². The summed E-state index contributed by atoms with van der Waals surface area (Å²) in [5.41, 5.74) is 0. The van der Waals surface area contributed by atoms with E-state index < -0.39 is 0 Å². The molecule has 0 aromatic heterocycles. The first-order chi connectivity index (χ1) is 2.89. The van der Waals surface area contributed by atoms with E-state index in [9.17, 15) is 4.79 Å². The molecule has 0 aromatic rings. The molecule has 1 rings (SSSR count). The standard InChI is InChI=1S/C4H6O2.B/c5-4-2-1-3-6-4;/h1-3H2;. The Morgan fingerprint density at radius 2 is 2.29 bits per heavy atom. The molecular weight excluding hydrogens is 90.9 g/mol. The molecule has 1 aliphatic heterocycles. The molecule has 0 bridgehead atoms. The zero-order valence-corrected chi connectivity index (χ0v) is 4.02. The van der Waals surface area contributed by atoms with Gasteiger partial charge in [0.25, 0.3) is 0 Å². The zero-order valence-electron chi connectivity index (χ0n) is 4.02. The van der Waals surface area contributed by atoms with Crippen LogP contribution in [-0.4, -0.2) is 21.0 Å². The van der Waals surface area contributed by atoms with Crippen LogP contribution < -0.4 is 0 Å². The van der Waals surface area contributed by atoms with Gasteiger partial charge >= 0.3 is 5.97 Å². The van der Waals surface area contributed by atoms with Crippen molar-refractivity contribution in [3.8, 4) is 0 Å². The van der Waals surface area contributed by atoms with E-state index in [-0.39, 0.29) is 14.4 Å². The fraction of sp³-hybridized carbons (Fsp3) is 0.750. The summed E-state index contributed by atoms with van der Waals surface area (Å²) in [6.07, 6.45) is 1.54. The number of hydrogen-bond donors (Lipinski definition) is 0. The van der Waals surface area contributed by atoms with Gasteiger partial charge in [0.15, 0.2) is 0 Å². The monoisotopic (exact) mass is 97.0 g/mol. The van der Waals surface area contributed by atoms with Crippen molar-refractivity contribution >= 4 is 14.4 Å². The fourth-order valence-electron chi connectivity index (χ4n) is 0.475. The van der Waals surface area contributed by atoms with Crippen LogP contribution in [0.25, 0.3) is 0 Å². The van der Waals surface area contributed by atoms with Gasteiger partial charge < -0.3 is 4.74 Å². The van der Waals surface area contributed by atoms with E-state index in [0.29, 0.717) is 13.0 Å². The van der Waals surface area contributed by atoms with Crippen LogP contribution in [-0.2, 0) is 9.53 Å². The lowest BCUT2D eigenvalue weighted by molar-refractivity contribution is -0.137. The number of esters is 1. The van der Waals surface area contributed by atoms with Crippen molar-refractivity contribution in [2.45, 2.75) is 12.8 Å². The van der Waals surface area contributed by atoms with Gasteiger partial charge in [-0.3, -0.25) is 4.79 Å². The fourth-order valence-corrected chi connectivity index (χ4v) is 0.475. The summed E-state index contributed by atoms with van der Waals surface area (Å²) in [5.74, 6) is -0.0463. The average Bonchev–Trinajstić information content (AvgIpc) is 1.86. The van der Waals surface area contributed by atoms with Crippen molar-refractivity contribution in [2.75, 3.05) is 6.61 Å². The molecule has 1 saturated heterocycles. The summed E-state index contributed by atoms with van der Waals surface area (Å²) >= 11 is 0. The smallest absolute Gasteiger partial charge is 0.305 e. The molecule has 2 nitrogen and oxygen atoms in total. The largest absolute Gasteiger partial charge is 0.466 e. The van der Waals surface area contributed by atoms with Gasteiger partial charge in [0.2, 0.25) is 0 Å². The van der Waals surface area contributed by atoms with Crippen LogP contribution >= 0.6 is 0 Å². The molecule has 1 fully saturated rings. The molecule has 37 valence electrons. The first-order valence-electron chi connectivity index (χ1n) is 2.05. The minimum absolute atomic E-state index is 0. The topological polar surface area (TPSA) is 26.3 Å². The van der Waals surface area contributed by atoms with Crippen LogP contribution in [0.15, 0.2) is 0 Å². The van der Waals surface area contributed by atoms with Gasteiger partial charge in [-0.2, -0.15) is 0 Å². The summed E-state index contributed by atoms with van der Waals surface area (Å²) in [4.78, 5) is 10.0. The average molecular weight is 96.9 g/mol. The molecule has 0 N–H and O–H groups in total. The van der Waals surface area contributed by atoms with Crippen molar-refractivity contribution in [3.05, 3.63) is 0 Å². The number of hydrogen-bond acceptors (Lipinski definition) is 2. The Kier molecular flexibility index (Phi) is 2.49. The van der Waals surface area contributed by atoms with E-state index in [1.165, 1.54) is 0 Å². The molecule has 3 radical (unpaired) electrons. The highest BCUT2D eigenvalue weighted by Gasteiger charge is 2.08. The zero-order chi connectivity index (χ0) is 4.41. The van der Waals surface area contributed by atoms with Crippen LogP contribution in [0.3, 0.4) is 0 Å². The maximum atomic E-state index is 10.0. The van der Waals surface area contributed by atoms with Gasteiger partial charge in [0.05, 0.1) is 6.61 Å². The second-order valence-corrected chi connectivity index (χ2v) is 1.32. The first-order valence-corrected chi connectivity index (χ1v) is 2.05. The van der Waals surface area contributed by atoms with E-state index >= 15 is 0 Å². The minimum Gasteiger partial charge on any atom is -0.466 e. The SMILES string of the molecule is O=C1CCCO1.[B]. The molecule has 0 spiro atoms. The van der Waals surface area contributed by atoms with E-state index in [1.807, 2.05) is 0 Å². The lowest BCUT2D eigenvalue weighted by Gasteiger charge is -1.81. The minimum atomic E-state index is -0.0463. The Morgan fingerprint density at radius 3 is 2.43 bits per heavy atom. The third-order valence-corrected chi connectivity index (χ3v) is 0.788. The van der Waals surface area contributed by atoms with Gasteiger partial charge in [-0.15, -0.1) is 0 Å². The Labute approximate surface area is 44.4 Å². The maximum Gasteiger partial charge on any atom is 0.305 e. The Bertz CT molecular complexity index is 64.1. The Morgan fingerprint density at radius 1 is 1.57 bits per heavy atom. The van der Waals surface area contributed by atoms with Crippen LogP contribution in [0.1, 0.15) is 12.8 Å². The third-order valence-electron chi connectivity index (χ3n) is 0.788. The maximum absolute atomic E-state index is 10.0. The summed E-state index contributed by atoms with van der Waals surface area (Å²) in [5, 5.41) is 0. The second kappa shape index (κ2) is 2.67. The lowest BCUT2D eigenvalue weighted by atomic mass is 10.4. The van der Waals surface area contributed by atoms with E-state index in [1.54, 1.807) is 0 Å². The van der Waals surface area contributed by atoms with Gasteiger partial charge in [-0.1, -0.05) is 0 Å². The molecule has 1 heterocycles. The molecule has 7 heavy (non-hydrogen) atoms.